The summed E-state index contributed by atoms with van der Waals surface area (Å²) in [4.78, 5) is 17.2. The highest BCUT2D eigenvalue weighted by molar-refractivity contribution is 7.12. The smallest absolute Gasteiger partial charge is 0.283 e. The number of aromatic nitrogens is 2. The Morgan fingerprint density at radius 1 is 1.17 bits per heavy atom. The van der Waals surface area contributed by atoms with Gasteiger partial charge in [-0.3, -0.25) is 9.69 Å². The minimum atomic E-state index is 0.113. The van der Waals surface area contributed by atoms with Gasteiger partial charge in [-0.15, -0.1) is 21.5 Å². The number of rotatable bonds is 4. The van der Waals surface area contributed by atoms with E-state index in [4.69, 9.17) is 8.83 Å². The molecule has 4 heterocycles. The van der Waals surface area contributed by atoms with Gasteiger partial charge >= 0.3 is 0 Å². The molecule has 0 aliphatic carbocycles. The van der Waals surface area contributed by atoms with E-state index in [2.05, 4.69) is 15.1 Å². The van der Waals surface area contributed by atoms with Crippen LogP contribution in [0.4, 0.5) is 0 Å². The first-order valence-corrected chi connectivity index (χ1v) is 8.59. The predicted molar refractivity (Wildman–Crippen MR) is 87.5 cm³/mol. The molecule has 0 spiro atoms. The van der Waals surface area contributed by atoms with Crippen molar-refractivity contribution in [1.82, 2.24) is 20.0 Å². The average molecular weight is 344 g/mol. The van der Waals surface area contributed by atoms with Gasteiger partial charge in [-0.1, -0.05) is 6.07 Å². The molecule has 4 rings (SSSR count). The number of furan rings is 1. The van der Waals surface area contributed by atoms with Crippen LogP contribution < -0.4 is 0 Å². The standard InChI is InChI=1S/C16H16N4O3S/c21-16(13-4-2-10-24-13)20-7-5-19(6-8-20)11-14-17-18-15(23-14)12-3-1-9-22-12/h1-4,9-10H,5-8,11H2. The number of hydrogen-bond donors (Lipinski definition) is 0. The van der Waals surface area contributed by atoms with Crippen LogP contribution in [-0.4, -0.2) is 52.1 Å². The quantitative estimate of drug-likeness (QED) is 0.723. The Morgan fingerprint density at radius 3 is 2.75 bits per heavy atom. The maximum Gasteiger partial charge on any atom is 0.283 e. The molecule has 3 aromatic heterocycles. The van der Waals surface area contributed by atoms with Crippen LogP contribution >= 0.6 is 11.3 Å². The molecule has 0 aromatic carbocycles. The Hall–Kier alpha value is -2.45. The van der Waals surface area contributed by atoms with Crippen molar-refractivity contribution in [3.8, 4) is 11.7 Å². The van der Waals surface area contributed by atoms with Crippen molar-refractivity contribution >= 4 is 17.2 Å². The number of amides is 1. The fraction of sp³-hybridized carbons (Fsp3) is 0.312. The maximum absolute atomic E-state index is 12.3. The van der Waals surface area contributed by atoms with Crippen LogP contribution in [0.5, 0.6) is 0 Å². The lowest BCUT2D eigenvalue weighted by molar-refractivity contribution is 0.0623. The van der Waals surface area contributed by atoms with Crippen molar-refractivity contribution in [2.24, 2.45) is 0 Å². The zero-order valence-electron chi connectivity index (χ0n) is 12.9. The number of carbonyl (C=O) groups is 1. The first-order chi connectivity index (χ1) is 11.8. The van der Waals surface area contributed by atoms with Gasteiger partial charge in [0.05, 0.1) is 17.7 Å². The van der Waals surface area contributed by atoms with E-state index in [1.807, 2.05) is 22.4 Å². The van der Waals surface area contributed by atoms with E-state index in [-0.39, 0.29) is 5.91 Å². The highest BCUT2D eigenvalue weighted by atomic mass is 32.1. The predicted octanol–water partition coefficient (Wildman–Crippen LogP) is 2.35. The van der Waals surface area contributed by atoms with Crippen molar-refractivity contribution in [3.63, 3.8) is 0 Å². The second-order valence-electron chi connectivity index (χ2n) is 5.52. The number of nitrogens with zero attached hydrogens (tertiary/aromatic N) is 4. The lowest BCUT2D eigenvalue weighted by Gasteiger charge is -2.33. The molecule has 124 valence electrons. The minimum absolute atomic E-state index is 0.113. The summed E-state index contributed by atoms with van der Waals surface area (Å²) in [6.45, 7) is 3.56. The third kappa shape index (κ3) is 3.10. The SMILES string of the molecule is O=C(c1cccs1)N1CCN(Cc2nnc(-c3ccco3)o2)CC1. The molecule has 1 aliphatic rings. The molecule has 1 amide bonds. The van der Waals surface area contributed by atoms with E-state index in [0.29, 0.717) is 37.2 Å². The van der Waals surface area contributed by atoms with E-state index in [1.54, 1.807) is 18.4 Å². The summed E-state index contributed by atoms with van der Waals surface area (Å²) in [6.07, 6.45) is 1.57. The van der Waals surface area contributed by atoms with Crippen molar-refractivity contribution in [2.45, 2.75) is 6.54 Å². The number of hydrogen-bond acceptors (Lipinski definition) is 7. The monoisotopic (exact) mass is 344 g/mol. The summed E-state index contributed by atoms with van der Waals surface area (Å²) in [5.41, 5.74) is 0. The van der Waals surface area contributed by atoms with Crippen molar-refractivity contribution in [1.29, 1.82) is 0 Å². The lowest BCUT2D eigenvalue weighted by atomic mass is 10.3. The Labute approximate surface area is 142 Å². The van der Waals surface area contributed by atoms with Gasteiger partial charge < -0.3 is 13.7 Å². The highest BCUT2D eigenvalue weighted by Gasteiger charge is 2.24. The topological polar surface area (TPSA) is 75.6 Å². The Morgan fingerprint density at radius 2 is 2.04 bits per heavy atom. The maximum atomic E-state index is 12.3. The molecule has 8 heteroatoms. The zero-order valence-corrected chi connectivity index (χ0v) is 13.7. The second-order valence-corrected chi connectivity index (χ2v) is 6.47. The zero-order chi connectivity index (χ0) is 16.4. The minimum Gasteiger partial charge on any atom is -0.459 e. The summed E-state index contributed by atoms with van der Waals surface area (Å²) in [6, 6.07) is 7.34. The number of carbonyl (C=O) groups excluding carboxylic acids is 1. The van der Waals surface area contributed by atoms with E-state index < -0.39 is 0 Å². The van der Waals surface area contributed by atoms with Crippen LogP contribution in [0.25, 0.3) is 11.7 Å². The van der Waals surface area contributed by atoms with Crippen LogP contribution in [0.3, 0.4) is 0 Å². The van der Waals surface area contributed by atoms with Crippen molar-refractivity contribution in [3.05, 3.63) is 46.7 Å². The fourth-order valence-corrected chi connectivity index (χ4v) is 3.36. The average Bonchev–Trinajstić information content (AvgIpc) is 3.36. The van der Waals surface area contributed by atoms with Gasteiger partial charge in [-0.05, 0) is 23.6 Å². The van der Waals surface area contributed by atoms with E-state index in [9.17, 15) is 4.79 Å². The molecule has 0 bridgehead atoms. The van der Waals surface area contributed by atoms with Gasteiger partial charge in [0.2, 0.25) is 5.89 Å². The molecule has 0 saturated carbocycles. The Kier molecular flexibility index (Phi) is 4.14. The second kappa shape index (κ2) is 6.58. The summed E-state index contributed by atoms with van der Waals surface area (Å²) < 4.78 is 10.9. The Balaban J connectivity index is 1.33. The highest BCUT2D eigenvalue weighted by Crippen LogP contribution is 2.19. The van der Waals surface area contributed by atoms with Gasteiger partial charge in [0.25, 0.3) is 11.8 Å². The molecule has 3 aromatic rings. The number of piperazine rings is 1. The molecular formula is C16H16N4O3S. The van der Waals surface area contributed by atoms with E-state index in [1.165, 1.54) is 11.3 Å². The number of thiophene rings is 1. The largest absolute Gasteiger partial charge is 0.459 e. The summed E-state index contributed by atoms with van der Waals surface area (Å²) in [5.74, 6) is 1.63. The van der Waals surface area contributed by atoms with Crippen LogP contribution in [0.15, 0.2) is 44.7 Å². The van der Waals surface area contributed by atoms with Crippen LogP contribution in [-0.2, 0) is 6.54 Å². The first kappa shape index (κ1) is 15.1. The molecule has 0 unspecified atom stereocenters. The molecule has 24 heavy (non-hydrogen) atoms. The lowest BCUT2D eigenvalue weighted by Crippen LogP contribution is -2.48. The van der Waals surface area contributed by atoms with Gasteiger partial charge in [0, 0.05) is 26.2 Å². The summed E-state index contributed by atoms with van der Waals surface area (Å²) >= 11 is 1.48. The van der Waals surface area contributed by atoms with Gasteiger partial charge in [-0.25, -0.2) is 0 Å². The van der Waals surface area contributed by atoms with Crippen molar-refractivity contribution < 1.29 is 13.6 Å². The normalized spacial score (nSPS) is 15.8. The van der Waals surface area contributed by atoms with Gasteiger partial charge in [0.15, 0.2) is 5.76 Å². The van der Waals surface area contributed by atoms with E-state index in [0.717, 1.165) is 18.0 Å². The molecule has 0 radical (unpaired) electrons. The Bertz CT molecular complexity index is 789. The van der Waals surface area contributed by atoms with Crippen molar-refractivity contribution in [2.75, 3.05) is 26.2 Å². The summed E-state index contributed by atoms with van der Waals surface area (Å²) in [5, 5.41) is 9.99. The molecule has 1 aliphatic heterocycles. The fourth-order valence-electron chi connectivity index (χ4n) is 2.67. The molecule has 0 N–H and O–H groups in total. The molecular weight excluding hydrogens is 328 g/mol. The van der Waals surface area contributed by atoms with E-state index >= 15 is 0 Å². The molecule has 0 atom stereocenters. The molecule has 1 fully saturated rings. The van der Waals surface area contributed by atoms with Crippen LogP contribution in [0, 0.1) is 0 Å². The summed E-state index contributed by atoms with van der Waals surface area (Å²) in [7, 11) is 0. The first-order valence-electron chi connectivity index (χ1n) is 7.71. The molecule has 7 nitrogen and oxygen atoms in total. The molecule has 1 saturated heterocycles. The third-order valence-electron chi connectivity index (χ3n) is 3.95. The van der Waals surface area contributed by atoms with Crippen LogP contribution in [0.2, 0.25) is 0 Å². The van der Waals surface area contributed by atoms with Gasteiger partial charge in [0.1, 0.15) is 0 Å². The van der Waals surface area contributed by atoms with Gasteiger partial charge in [-0.2, -0.15) is 0 Å². The third-order valence-corrected chi connectivity index (χ3v) is 4.81. The van der Waals surface area contributed by atoms with Crippen LogP contribution in [0.1, 0.15) is 15.6 Å².